The average molecular weight is 426 g/mol. The third-order valence-corrected chi connectivity index (χ3v) is 7.37. The van der Waals surface area contributed by atoms with E-state index in [-0.39, 0.29) is 16.8 Å². The number of carbonyl (C=O) groups excluding carboxylic acids is 2. The summed E-state index contributed by atoms with van der Waals surface area (Å²) in [6, 6.07) is 15.5. The molecule has 158 valence electrons. The molecule has 2 aliphatic rings. The van der Waals surface area contributed by atoms with Crippen LogP contribution in [0.1, 0.15) is 25.3 Å². The lowest BCUT2D eigenvalue weighted by Gasteiger charge is -2.43. The van der Waals surface area contributed by atoms with Crippen LogP contribution in [-0.4, -0.2) is 47.7 Å². The number of amides is 3. The number of aryl methyl sites for hydroxylation is 1. The Morgan fingerprint density at radius 1 is 1.17 bits per heavy atom. The van der Waals surface area contributed by atoms with E-state index in [2.05, 4.69) is 18.3 Å². The second-order valence-electron chi connectivity index (χ2n) is 7.64. The first-order chi connectivity index (χ1) is 14.5. The van der Waals surface area contributed by atoms with Crippen LogP contribution in [-0.2, 0) is 11.2 Å². The number of hydrogen-bond acceptors (Lipinski definition) is 4. The molecule has 4 rings (SSSR count). The van der Waals surface area contributed by atoms with E-state index in [1.807, 2.05) is 52.3 Å². The normalized spacial score (nSPS) is 18.0. The standard InChI is InChI=1S/C23H27N3O3S/c1-3-17-6-4-7-18(14-17)24-22(28)25-12-10-23(11-13-25)26(21(27)16-30-23)19-8-5-9-20(15-19)29-2/h4-9,14-15H,3,10-13,16H2,1-2H3,(H,24,28). The van der Waals surface area contributed by atoms with Gasteiger partial charge >= 0.3 is 6.03 Å². The lowest BCUT2D eigenvalue weighted by atomic mass is 10.0. The molecule has 7 heteroatoms. The van der Waals surface area contributed by atoms with Crippen LogP contribution in [0.15, 0.2) is 48.5 Å². The SMILES string of the molecule is CCc1cccc(NC(=O)N2CCC3(CC2)SCC(=O)N3c2cccc(OC)c2)c1. The Kier molecular flexibility index (Phi) is 5.90. The molecular weight excluding hydrogens is 398 g/mol. The van der Waals surface area contributed by atoms with Crippen molar-refractivity contribution in [2.45, 2.75) is 31.1 Å². The summed E-state index contributed by atoms with van der Waals surface area (Å²) >= 11 is 1.69. The van der Waals surface area contributed by atoms with E-state index in [0.29, 0.717) is 18.8 Å². The predicted octanol–water partition coefficient (Wildman–Crippen LogP) is 4.36. The van der Waals surface area contributed by atoms with Gasteiger partial charge in [-0.2, -0.15) is 0 Å². The monoisotopic (exact) mass is 425 g/mol. The van der Waals surface area contributed by atoms with Crippen LogP contribution in [0.25, 0.3) is 0 Å². The molecule has 6 nitrogen and oxygen atoms in total. The maximum absolute atomic E-state index is 12.8. The zero-order chi connectivity index (χ0) is 21.1. The lowest BCUT2D eigenvalue weighted by molar-refractivity contribution is -0.116. The Hall–Kier alpha value is -2.67. The van der Waals surface area contributed by atoms with Gasteiger partial charge in [0.2, 0.25) is 5.91 Å². The van der Waals surface area contributed by atoms with Crippen molar-refractivity contribution < 1.29 is 14.3 Å². The van der Waals surface area contributed by atoms with Crippen LogP contribution in [0, 0.1) is 0 Å². The second-order valence-corrected chi connectivity index (χ2v) is 8.97. The highest BCUT2D eigenvalue weighted by atomic mass is 32.2. The van der Waals surface area contributed by atoms with Crippen LogP contribution in [0.5, 0.6) is 5.75 Å². The number of ether oxygens (including phenoxy) is 1. The maximum atomic E-state index is 12.8. The Labute approximate surface area is 181 Å². The number of nitrogens with one attached hydrogen (secondary N) is 1. The highest BCUT2D eigenvalue weighted by molar-refractivity contribution is 8.02. The average Bonchev–Trinajstić information content (AvgIpc) is 3.09. The van der Waals surface area contributed by atoms with Gasteiger partial charge in [-0.15, -0.1) is 11.8 Å². The summed E-state index contributed by atoms with van der Waals surface area (Å²) in [5.41, 5.74) is 2.88. The molecule has 1 spiro atoms. The molecule has 2 aromatic rings. The van der Waals surface area contributed by atoms with Gasteiger partial charge in [-0.25, -0.2) is 4.79 Å². The van der Waals surface area contributed by atoms with E-state index >= 15 is 0 Å². The van der Waals surface area contributed by atoms with Crippen LogP contribution in [0.4, 0.5) is 16.2 Å². The number of anilines is 2. The number of rotatable bonds is 4. The first-order valence-corrected chi connectivity index (χ1v) is 11.3. The molecule has 30 heavy (non-hydrogen) atoms. The number of methoxy groups -OCH3 is 1. The van der Waals surface area contributed by atoms with Gasteiger partial charge in [0.1, 0.15) is 5.75 Å². The fraction of sp³-hybridized carbons (Fsp3) is 0.391. The number of thioether (sulfide) groups is 1. The summed E-state index contributed by atoms with van der Waals surface area (Å²) in [6.45, 7) is 3.32. The molecule has 0 atom stereocenters. The Bertz CT molecular complexity index is 941. The molecule has 2 aliphatic heterocycles. The van der Waals surface area contributed by atoms with Gasteiger partial charge in [0.15, 0.2) is 0 Å². The first kappa shape index (κ1) is 20.6. The Morgan fingerprint density at radius 2 is 1.93 bits per heavy atom. The fourth-order valence-electron chi connectivity index (χ4n) is 4.18. The third-order valence-electron chi connectivity index (χ3n) is 5.85. The molecule has 0 unspecified atom stereocenters. The zero-order valence-corrected chi connectivity index (χ0v) is 18.2. The van der Waals surface area contributed by atoms with E-state index in [0.717, 1.165) is 36.4 Å². The van der Waals surface area contributed by atoms with Crippen LogP contribution < -0.4 is 15.0 Å². The van der Waals surface area contributed by atoms with Crippen molar-refractivity contribution >= 4 is 35.1 Å². The molecule has 1 N–H and O–H groups in total. The van der Waals surface area contributed by atoms with Crippen molar-refractivity contribution in [3.8, 4) is 5.75 Å². The number of benzene rings is 2. The first-order valence-electron chi connectivity index (χ1n) is 10.3. The van der Waals surface area contributed by atoms with Crippen molar-refractivity contribution in [2.24, 2.45) is 0 Å². The number of urea groups is 1. The number of carbonyl (C=O) groups is 2. The smallest absolute Gasteiger partial charge is 0.321 e. The largest absolute Gasteiger partial charge is 0.497 e. The summed E-state index contributed by atoms with van der Waals surface area (Å²) in [6.07, 6.45) is 2.41. The van der Waals surface area contributed by atoms with Crippen molar-refractivity contribution in [3.63, 3.8) is 0 Å². The Balaban J connectivity index is 1.45. The highest BCUT2D eigenvalue weighted by Gasteiger charge is 2.49. The number of nitrogens with zero attached hydrogens (tertiary/aromatic N) is 2. The highest BCUT2D eigenvalue weighted by Crippen LogP contribution is 2.47. The second kappa shape index (κ2) is 8.60. The van der Waals surface area contributed by atoms with E-state index in [9.17, 15) is 9.59 Å². The van der Waals surface area contributed by atoms with Crippen molar-refractivity contribution in [3.05, 3.63) is 54.1 Å². The van der Waals surface area contributed by atoms with E-state index in [1.165, 1.54) is 5.56 Å². The van der Waals surface area contributed by atoms with E-state index < -0.39 is 0 Å². The van der Waals surface area contributed by atoms with Gasteiger partial charge in [0.05, 0.1) is 17.7 Å². The predicted molar refractivity (Wildman–Crippen MR) is 121 cm³/mol. The summed E-state index contributed by atoms with van der Waals surface area (Å²) in [5.74, 6) is 1.31. The molecule has 0 saturated carbocycles. The summed E-state index contributed by atoms with van der Waals surface area (Å²) in [7, 11) is 1.63. The molecule has 2 aromatic carbocycles. The van der Waals surface area contributed by atoms with Crippen LogP contribution in [0.2, 0.25) is 0 Å². The van der Waals surface area contributed by atoms with Gasteiger partial charge in [0.25, 0.3) is 0 Å². The van der Waals surface area contributed by atoms with Crippen molar-refractivity contribution in [2.75, 3.05) is 36.2 Å². The quantitative estimate of drug-likeness (QED) is 0.791. The third kappa shape index (κ3) is 3.99. The van der Waals surface area contributed by atoms with Gasteiger partial charge in [-0.1, -0.05) is 25.1 Å². The number of likely N-dealkylation sites (tertiary alicyclic amines) is 1. The molecule has 3 amide bonds. The molecule has 0 radical (unpaired) electrons. The topological polar surface area (TPSA) is 61.9 Å². The number of piperidine rings is 1. The zero-order valence-electron chi connectivity index (χ0n) is 17.4. The van der Waals surface area contributed by atoms with Gasteiger partial charge in [0, 0.05) is 30.5 Å². The molecule has 2 saturated heterocycles. The fourth-order valence-corrected chi connectivity index (χ4v) is 5.51. The number of hydrogen-bond donors (Lipinski definition) is 1. The molecule has 2 heterocycles. The molecular formula is C23H27N3O3S. The van der Waals surface area contributed by atoms with Crippen molar-refractivity contribution in [1.82, 2.24) is 4.90 Å². The van der Waals surface area contributed by atoms with Crippen molar-refractivity contribution in [1.29, 1.82) is 0 Å². The van der Waals surface area contributed by atoms with Crippen LogP contribution in [0.3, 0.4) is 0 Å². The molecule has 0 aliphatic carbocycles. The lowest BCUT2D eigenvalue weighted by Crippen LogP contribution is -2.53. The molecule has 2 fully saturated rings. The van der Waals surface area contributed by atoms with E-state index in [1.54, 1.807) is 18.9 Å². The summed E-state index contributed by atoms with van der Waals surface area (Å²) in [4.78, 5) is 29.0. The minimum Gasteiger partial charge on any atom is -0.497 e. The van der Waals surface area contributed by atoms with Crippen LogP contribution >= 0.6 is 11.8 Å². The Morgan fingerprint density at radius 3 is 2.67 bits per heavy atom. The van der Waals surface area contributed by atoms with Gasteiger partial charge < -0.3 is 15.0 Å². The maximum Gasteiger partial charge on any atom is 0.321 e. The van der Waals surface area contributed by atoms with Gasteiger partial charge in [-0.05, 0) is 49.1 Å². The minimum atomic E-state index is -0.303. The minimum absolute atomic E-state index is 0.0830. The van der Waals surface area contributed by atoms with E-state index in [4.69, 9.17) is 4.74 Å². The molecule has 0 bridgehead atoms. The molecule has 0 aromatic heterocycles. The summed E-state index contributed by atoms with van der Waals surface area (Å²) < 4.78 is 5.34. The van der Waals surface area contributed by atoms with Gasteiger partial charge in [-0.3, -0.25) is 9.69 Å². The summed E-state index contributed by atoms with van der Waals surface area (Å²) in [5, 5.41) is 3.02.